The Labute approximate surface area is 187 Å². The highest BCUT2D eigenvalue weighted by Crippen LogP contribution is 2.28. The second-order valence-electron chi connectivity index (χ2n) is 7.70. The number of nitrogens with one attached hydrogen (secondary N) is 2. The Bertz CT molecular complexity index is 1060. The molecule has 1 aliphatic heterocycles. The first kappa shape index (κ1) is 23.1. The van der Waals surface area contributed by atoms with Crippen LogP contribution in [0.5, 0.6) is 0 Å². The minimum atomic E-state index is -3.89. The van der Waals surface area contributed by atoms with Gasteiger partial charge in [0.15, 0.2) is 0 Å². The standard InChI is InChI=1S/C22H27N3O4S2/c1-15-10-12-25(13-11-15)22(27)20-14-19(8-9-21(20)30-3)31(28,29)24-18-6-4-17(5-7-18)23-16(2)26/h4-9,14-15,24H,10-13H2,1-3H3,(H,23,26). The molecular weight excluding hydrogens is 434 g/mol. The molecule has 0 atom stereocenters. The number of hydrogen-bond acceptors (Lipinski definition) is 5. The van der Waals surface area contributed by atoms with Crippen molar-refractivity contribution >= 4 is 45.0 Å². The van der Waals surface area contributed by atoms with Crippen molar-refractivity contribution in [1.82, 2.24) is 4.90 Å². The molecule has 0 saturated carbocycles. The quantitative estimate of drug-likeness (QED) is 0.633. The van der Waals surface area contributed by atoms with Gasteiger partial charge in [-0.1, -0.05) is 6.92 Å². The van der Waals surface area contributed by atoms with Crippen LogP contribution in [0.1, 0.15) is 37.0 Å². The Morgan fingerprint density at radius 2 is 1.65 bits per heavy atom. The van der Waals surface area contributed by atoms with Crippen LogP contribution in [0.2, 0.25) is 0 Å². The van der Waals surface area contributed by atoms with E-state index < -0.39 is 10.0 Å². The van der Waals surface area contributed by atoms with Gasteiger partial charge in [0.1, 0.15) is 0 Å². The number of sulfonamides is 1. The van der Waals surface area contributed by atoms with E-state index >= 15 is 0 Å². The molecule has 0 bridgehead atoms. The molecule has 31 heavy (non-hydrogen) atoms. The summed E-state index contributed by atoms with van der Waals surface area (Å²) in [6.45, 7) is 4.95. The summed E-state index contributed by atoms with van der Waals surface area (Å²) in [6, 6.07) is 11.0. The fourth-order valence-electron chi connectivity index (χ4n) is 3.44. The van der Waals surface area contributed by atoms with Gasteiger partial charge >= 0.3 is 0 Å². The van der Waals surface area contributed by atoms with Crippen LogP contribution in [0, 0.1) is 5.92 Å². The topological polar surface area (TPSA) is 95.6 Å². The lowest BCUT2D eigenvalue weighted by Gasteiger charge is -2.30. The fourth-order valence-corrected chi connectivity index (χ4v) is 5.10. The molecule has 1 saturated heterocycles. The summed E-state index contributed by atoms with van der Waals surface area (Å²) in [5.41, 5.74) is 1.34. The number of anilines is 2. The minimum absolute atomic E-state index is 0.0324. The van der Waals surface area contributed by atoms with Gasteiger partial charge in [0, 0.05) is 36.3 Å². The van der Waals surface area contributed by atoms with Gasteiger partial charge in [0.05, 0.1) is 10.5 Å². The molecule has 1 heterocycles. The van der Waals surface area contributed by atoms with E-state index in [4.69, 9.17) is 0 Å². The molecule has 2 aromatic carbocycles. The van der Waals surface area contributed by atoms with Crippen molar-refractivity contribution < 1.29 is 18.0 Å². The summed E-state index contributed by atoms with van der Waals surface area (Å²) in [5.74, 6) is 0.257. The van der Waals surface area contributed by atoms with E-state index in [1.807, 2.05) is 6.26 Å². The first-order valence-corrected chi connectivity index (χ1v) is 12.8. The van der Waals surface area contributed by atoms with E-state index in [0.29, 0.717) is 35.9 Å². The number of nitrogens with zero attached hydrogens (tertiary/aromatic N) is 1. The van der Waals surface area contributed by atoms with Crippen molar-refractivity contribution in [2.24, 2.45) is 5.92 Å². The van der Waals surface area contributed by atoms with Crippen molar-refractivity contribution in [2.45, 2.75) is 36.5 Å². The van der Waals surface area contributed by atoms with E-state index in [-0.39, 0.29) is 16.7 Å². The maximum absolute atomic E-state index is 13.1. The number of likely N-dealkylation sites (tertiary alicyclic amines) is 1. The second kappa shape index (κ2) is 9.74. The SMILES string of the molecule is CSc1ccc(S(=O)(=O)Nc2ccc(NC(C)=O)cc2)cc1C(=O)N1CCC(C)CC1. The van der Waals surface area contributed by atoms with E-state index in [2.05, 4.69) is 17.0 Å². The van der Waals surface area contributed by atoms with Crippen molar-refractivity contribution in [2.75, 3.05) is 29.4 Å². The Balaban J connectivity index is 1.83. The normalized spacial score (nSPS) is 14.9. The molecule has 0 spiro atoms. The van der Waals surface area contributed by atoms with E-state index in [1.165, 1.54) is 30.8 Å². The van der Waals surface area contributed by atoms with Crippen molar-refractivity contribution in [1.29, 1.82) is 0 Å². The van der Waals surface area contributed by atoms with E-state index in [1.54, 1.807) is 35.2 Å². The van der Waals surface area contributed by atoms with Gasteiger partial charge in [-0.2, -0.15) is 0 Å². The molecule has 9 heteroatoms. The van der Waals surface area contributed by atoms with Gasteiger partial charge < -0.3 is 10.2 Å². The zero-order valence-corrected chi connectivity index (χ0v) is 19.5. The molecule has 2 amide bonds. The summed E-state index contributed by atoms with van der Waals surface area (Å²) in [7, 11) is -3.89. The summed E-state index contributed by atoms with van der Waals surface area (Å²) >= 11 is 1.42. The number of carbonyl (C=O) groups is 2. The number of carbonyl (C=O) groups excluding carboxylic acids is 2. The zero-order chi connectivity index (χ0) is 22.6. The van der Waals surface area contributed by atoms with Crippen molar-refractivity contribution in [3.63, 3.8) is 0 Å². The fraction of sp³-hybridized carbons (Fsp3) is 0.364. The Morgan fingerprint density at radius 1 is 1.03 bits per heavy atom. The molecule has 7 nitrogen and oxygen atoms in total. The lowest BCUT2D eigenvalue weighted by atomic mass is 9.98. The van der Waals surface area contributed by atoms with Crippen LogP contribution >= 0.6 is 11.8 Å². The molecule has 1 aliphatic rings. The molecule has 0 aliphatic carbocycles. The largest absolute Gasteiger partial charge is 0.339 e. The summed E-state index contributed by atoms with van der Waals surface area (Å²) in [4.78, 5) is 26.8. The molecule has 1 fully saturated rings. The van der Waals surface area contributed by atoms with Crippen LogP contribution in [0.3, 0.4) is 0 Å². The molecule has 2 aromatic rings. The molecule has 2 N–H and O–H groups in total. The van der Waals surface area contributed by atoms with Gasteiger partial charge in [-0.25, -0.2) is 8.42 Å². The predicted octanol–water partition coefficient (Wildman–Crippen LogP) is 4.04. The summed E-state index contributed by atoms with van der Waals surface area (Å²) in [6.07, 6.45) is 3.77. The highest BCUT2D eigenvalue weighted by Gasteiger charge is 2.25. The van der Waals surface area contributed by atoms with Crippen LogP contribution in [0.25, 0.3) is 0 Å². The second-order valence-corrected chi connectivity index (χ2v) is 10.2. The van der Waals surface area contributed by atoms with E-state index in [9.17, 15) is 18.0 Å². The van der Waals surface area contributed by atoms with Crippen LogP contribution in [0.4, 0.5) is 11.4 Å². The molecule has 0 unspecified atom stereocenters. The Morgan fingerprint density at radius 3 is 2.23 bits per heavy atom. The molecular formula is C22H27N3O4S2. The van der Waals surface area contributed by atoms with Gasteiger partial charge in [0.25, 0.3) is 15.9 Å². The number of rotatable bonds is 6. The smallest absolute Gasteiger partial charge is 0.261 e. The third-order valence-electron chi connectivity index (χ3n) is 5.24. The molecule has 166 valence electrons. The Hall–Kier alpha value is -2.52. The first-order chi connectivity index (χ1) is 14.7. The molecule has 0 radical (unpaired) electrons. The average molecular weight is 462 g/mol. The van der Waals surface area contributed by atoms with Crippen LogP contribution in [0.15, 0.2) is 52.3 Å². The Kier molecular flexibility index (Phi) is 7.27. The van der Waals surface area contributed by atoms with Gasteiger partial charge in [-0.15, -0.1) is 11.8 Å². The van der Waals surface area contributed by atoms with Gasteiger partial charge in [-0.3, -0.25) is 14.3 Å². The van der Waals surface area contributed by atoms with E-state index in [0.717, 1.165) is 17.7 Å². The minimum Gasteiger partial charge on any atom is -0.339 e. The maximum Gasteiger partial charge on any atom is 0.261 e. The third-order valence-corrected chi connectivity index (χ3v) is 7.41. The predicted molar refractivity (Wildman–Crippen MR) is 124 cm³/mol. The average Bonchev–Trinajstić information content (AvgIpc) is 2.74. The summed E-state index contributed by atoms with van der Waals surface area (Å²) in [5, 5.41) is 2.63. The van der Waals surface area contributed by atoms with Crippen molar-refractivity contribution in [3.05, 3.63) is 48.0 Å². The number of hydrogen-bond donors (Lipinski definition) is 2. The number of thioether (sulfide) groups is 1. The third kappa shape index (κ3) is 5.80. The summed E-state index contributed by atoms with van der Waals surface area (Å²) < 4.78 is 28.4. The van der Waals surface area contributed by atoms with Crippen LogP contribution in [-0.4, -0.2) is 44.5 Å². The zero-order valence-electron chi connectivity index (χ0n) is 17.8. The number of piperidine rings is 1. The number of amides is 2. The van der Waals surface area contributed by atoms with Crippen molar-refractivity contribution in [3.8, 4) is 0 Å². The van der Waals surface area contributed by atoms with Crippen LogP contribution < -0.4 is 10.0 Å². The molecule has 3 rings (SSSR count). The first-order valence-electron chi connectivity index (χ1n) is 10.1. The number of benzene rings is 2. The van der Waals surface area contributed by atoms with Gasteiger partial charge in [0.2, 0.25) is 5.91 Å². The molecule has 0 aromatic heterocycles. The lowest BCUT2D eigenvalue weighted by molar-refractivity contribution is -0.114. The van der Waals surface area contributed by atoms with Crippen LogP contribution in [-0.2, 0) is 14.8 Å². The highest BCUT2D eigenvalue weighted by molar-refractivity contribution is 7.98. The lowest BCUT2D eigenvalue weighted by Crippen LogP contribution is -2.38. The monoisotopic (exact) mass is 461 g/mol. The highest BCUT2D eigenvalue weighted by atomic mass is 32.2. The maximum atomic E-state index is 13.1. The van der Waals surface area contributed by atoms with Gasteiger partial charge in [-0.05, 0) is 67.5 Å².